The maximum atomic E-state index is 11.1. The first-order valence-electron chi connectivity index (χ1n) is 6.76. The van der Waals surface area contributed by atoms with E-state index < -0.39 is 17.7 Å². The van der Waals surface area contributed by atoms with Crippen LogP contribution in [0.25, 0.3) is 0 Å². The van der Waals surface area contributed by atoms with E-state index >= 15 is 0 Å². The number of benzene rings is 2. The van der Waals surface area contributed by atoms with E-state index in [-0.39, 0.29) is 11.3 Å². The molecule has 0 saturated heterocycles. The highest BCUT2D eigenvalue weighted by Crippen LogP contribution is 2.24. The molecular weight excluding hydrogens is 332 g/mol. The summed E-state index contributed by atoms with van der Waals surface area (Å²) in [6, 6.07) is 11.9. The Morgan fingerprint density at radius 3 is 1.88 bits per heavy atom. The van der Waals surface area contributed by atoms with Gasteiger partial charge in [-0.15, -0.1) is 0 Å². The molecule has 0 radical (unpaired) electrons. The molecule has 0 spiro atoms. The molecule has 0 atom stereocenters. The van der Waals surface area contributed by atoms with E-state index in [1.165, 1.54) is 36.4 Å². The fraction of sp³-hybridized carbons (Fsp3) is 0. The van der Waals surface area contributed by atoms with Gasteiger partial charge < -0.3 is 25.0 Å². The van der Waals surface area contributed by atoms with Gasteiger partial charge in [-0.05, 0) is 48.5 Å². The molecule has 0 aliphatic rings. The highest BCUT2D eigenvalue weighted by Gasteiger charge is 2.13. The molecule has 0 saturated carbocycles. The second-order valence-corrected chi connectivity index (χ2v) is 4.52. The second kappa shape index (κ2) is 8.11. The number of oxime groups is 2. The van der Waals surface area contributed by atoms with Gasteiger partial charge >= 0.3 is 11.9 Å². The molecule has 128 valence electrons. The molecule has 0 heterocycles. The summed E-state index contributed by atoms with van der Waals surface area (Å²) < 4.78 is 10.4. The molecule has 2 aromatic carbocycles. The number of hydrogen-bond acceptors (Lipinski definition) is 8. The average molecular weight is 344 g/mol. The van der Waals surface area contributed by atoms with Crippen LogP contribution < -0.4 is 9.47 Å². The summed E-state index contributed by atoms with van der Waals surface area (Å²) in [5, 5.41) is 31.1. The van der Waals surface area contributed by atoms with E-state index in [0.717, 1.165) is 0 Å². The monoisotopic (exact) mass is 344 g/mol. The zero-order valence-corrected chi connectivity index (χ0v) is 12.6. The summed E-state index contributed by atoms with van der Waals surface area (Å²) in [6.45, 7) is 0. The molecule has 25 heavy (non-hydrogen) atoms. The third-order valence-corrected chi connectivity index (χ3v) is 2.87. The summed E-state index contributed by atoms with van der Waals surface area (Å²) in [5.41, 5.74) is -0.265. The van der Waals surface area contributed by atoms with Gasteiger partial charge in [0, 0.05) is 5.56 Å². The van der Waals surface area contributed by atoms with E-state index in [1.807, 2.05) is 0 Å². The summed E-state index contributed by atoms with van der Waals surface area (Å²) in [6.07, 6.45) is 0.618. The summed E-state index contributed by atoms with van der Waals surface area (Å²) in [4.78, 5) is 22.0. The SMILES string of the molecule is O=C(C=NO)Oc1ccc(Oc2ccc(C(=NO)C(=O)O)cc2)cc1. The van der Waals surface area contributed by atoms with Gasteiger partial charge in [0.25, 0.3) is 0 Å². The maximum absolute atomic E-state index is 11.1. The van der Waals surface area contributed by atoms with Crippen molar-refractivity contribution in [3.63, 3.8) is 0 Å². The maximum Gasteiger partial charge on any atom is 0.358 e. The number of carbonyl (C=O) groups is 2. The van der Waals surface area contributed by atoms with Gasteiger partial charge in [-0.3, -0.25) is 0 Å². The van der Waals surface area contributed by atoms with E-state index in [1.54, 1.807) is 12.1 Å². The van der Waals surface area contributed by atoms with Gasteiger partial charge in [0.15, 0.2) is 11.9 Å². The van der Waals surface area contributed by atoms with Crippen molar-refractivity contribution in [1.82, 2.24) is 0 Å². The zero-order chi connectivity index (χ0) is 18.2. The van der Waals surface area contributed by atoms with Gasteiger partial charge in [0.2, 0.25) is 0 Å². The van der Waals surface area contributed by atoms with Crippen LogP contribution in [0.15, 0.2) is 58.8 Å². The largest absolute Gasteiger partial charge is 0.476 e. The third-order valence-electron chi connectivity index (χ3n) is 2.87. The highest BCUT2D eigenvalue weighted by atomic mass is 16.5. The number of hydrogen-bond donors (Lipinski definition) is 3. The van der Waals surface area contributed by atoms with Crippen LogP contribution in [-0.4, -0.2) is 39.4 Å². The van der Waals surface area contributed by atoms with Crippen molar-refractivity contribution >= 4 is 23.9 Å². The number of carboxylic acids is 1. The summed E-state index contributed by atoms with van der Waals surface area (Å²) in [7, 11) is 0. The molecule has 0 fully saturated rings. The molecule has 0 aliphatic carbocycles. The standard InChI is InChI=1S/C16H12N2O7/c19-14(9-17-22)25-13-7-5-12(6-8-13)24-11-3-1-10(2-4-11)15(18-23)16(20)21/h1-9,22-23H,(H,20,21). The third kappa shape index (κ3) is 4.79. The lowest BCUT2D eigenvalue weighted by atomic mass is 10.1. The minimum atomic E-state index is -1.35. The average Bonchev–Trinajstić information content (AvgIpc) is 2.59. The second-order valence-electron chi connectivity index (χ2n) is 4.52. The summed E-state index contributed by atoms with van der Waals surface area (Å²) in [5.74, 6) is -1.09. The Hall–Kier alpha value is -3.88. The van der Waals surface area contributed by atoms with Crippen molar-refractivity contribution in [2.75, 3.05) is 0 Å². The van der Waals surface area contributed by atoms with Crippen molar-refractivity contribution < 1.29 is 34.6 Å². The van der Waals surface area contributed by atoms with Crippen LogP contribution >= 0.6 is 0 Å². The van der Waals surface area contributed by atoms with Crippen LogP contribution in [0, 0.1) is 0 Å². The Bertz CT molecular complexity index is 811. The number of rotatable bonds is 6. The first-order valence-corrected chi connectivity index (χ1v) is 6.76. The number of carboxylic acid groups (broad SMARTS) is 1. The van der Waals surface area contributed by atoms with Crippen LogP contribution in [-0.2, 0) is 9.59 Å². The van der Waals surface area contributed by atoms with Crippen LogP contribution in [0.2, 0.25) is 0 Å². The number of carbonyl (C=O) groups excluding carboxylic acids is 1. The van der Waals surface area contributed by atoms with Crippen LogP contribution in [0.5, 0.6) is 17.2 Å². The number of esters is 1. The van der Waals surface area contributed by atoms with E-state index in [2.05, 4.69) is 10.3 Å². The fourth-order valence-electron chi connectivity index (χ4n) is 1.81. The van der Waals surface area contributed by atoms with Crippen LogP contribution in [0.3, 0.4) is 0 Å². The first kappa shape index (κ1) is 17.5. The van der Waals surface area contributed by atoms with Crippen molar-refractivity contribution in [2.45, 2.75) is 0 Å². The van der Waals surface area contributed by atoms with Gasteiger partial charge in [-0.25, -0.2) is 9.59 Å². The number of aliphatic carboxylic acids is 1. The minimum absolute atomic E-state index is 0.218. The Kier molecular flexibility index (Phi) is 5.67. The molecule has 0 bridgehead atoms. The molecule has 0 aliphatic heterocycles. The van der Waals surface area contributed by atoms with Crippen LogP contribution in [0.1, 0.15) is 5.56 Å². The predicted molar refractivity (Wildman–Crippen MR) is 84.8 cm³/mol. The first-order chi connectivity index (χ1) is 12.0. The fourth-order valence-corrected chi connectivity index (χ4v) is 1.81. The van der Waals surface area contributed by atoms with Gasteiger partial charge in [0.05, 0.1) is 0 Å². The molecule has 0 aromatic heterocycles. The lowest BCUT2D eigenvalue weighted by molar-refractivity contribution is -0.129. The van der Waals surface area contributed by atoms with E-state index in [4.69, 9.17) is 25.0 Å². The molecule has 0 unspecified atom stereocenters. The number of ether oxygens (including phenoxy) is 2. The smallest absolute Gasteiger partial charge is 0.358 e. The Labute approximate surface area is 141 Å². The summed E-state index contributed by atoms with van der Waals surface area (Å²) >= 11 is 0. The van der Waals surface area contributed by atoms with Crippen molar-refractivity contribution in [2.24, 2.45) is 10.3 Å². The van der Waals surface area contributed by atoms with E-state index in [0.29, 0.717) is 17.7 Å². The van der Waals surface area contributed by atoms with Gasteiger partial charge in [0.1, 0.15) is 17.2 Å². The van der Waals surface area contributed by atoms with Crippen molar-refractivity contribution in [3.05, 3.63) is 54.1 Å². The Morgan fingerprint density at radius 2 is 1.40 bits per heavy atom. The molecular formula is C16H12N2O7. The minimum Gasteiger partial charge on any atom is -0.476 e. The zero-order valence-electron chi connectivity index (χ0n) is 12.6. The Morgan fingerprint density at radius 1 is 0.880 bits per heavy atom. The van der Waals surface area contributed by atoms with Crippen molar-refractivity contribution in [3.8, 4) is 17.2 Å². The molecule has 0 amide bonds. The van der Waals surface area contributed by atoms with Gasteiger partial charge in [-0.2, -0.15) is 0 Å². The number of nitrogens with zero attached hydrogens (tertiary/aromatic N) is 2. The lowest BCUT2D eigenvalue weighted by Gasteiger charge is -2.07. The molecule has 9 heteroatoms. The molecule has 2 aromatic rings. The Balaban J connectivity index is 2.05. The van der Waals surface area contributed by atoms with Crippen molar-refractivity contribution in [1.29, 1.82) is 0 Å². The molecule has 2 rings (SSSR count). The van der Waals surface area contributed by atoms with E-state index in [9.17, 15) is 9.59 Å². The topological polar surface area (TPSA) is 138 Å². The predicted octanol–water partition coefficient (Wildman–Crippen LogP) is 2.11. The highest BCUT2D eigenvalue weighted by molar-refractivity contribution is 6.42. The quantitative estimate of drug-likeness (QED) is 0.240. The molecule has 9 nitrogen and oxygen atoms in total. The lowest BCUT2D eigenvalue weighted by Crippen LogP contribution is -2.14. The van der Waals surface area contributed by atoms with Gasteiger partial charge in [-0.1, -0.05) is 10.3 Å². The normalized spacial score (nSPS) is 11.3. The molecule has 3 N–H and O–H groups in total. The van der Waals surface area contributed by atoms with Crippen LogP contribution in [0.4, 0.5) is 0 Å².